The van der Waals surface area contributed by atoms with Crippen LogP contribution >= 0.6 is 11.3 Å². The molecule has 1 heterocycles. The first kappa shape index (κ1) is 13.9. The Hall–Kier alpha value is -1.48. The van der Waals surface area contributed by atoms with E-state index in [9.17, 15) is 9.18 Å². The number of hydrogen-bond donors (Lipinski definition) is 0. The molecule has 1 aromatic heterocycles. The second-order valence-electron chi connectivity index (χ2n) is 4.72. The van der Waals surface area contributed by atoms with Crippen LogP contribution in [0.2, 0.25) is 0 Å². The van der Waals surface area contributed by atoms with Crippen LogP contribution in [0.25, 0.3) is 0 Å². The van der Waals surface area contributed by atoms with E-state index in [1.165, 1.54) is 17.0 Å². The van der Waals surface area contributed by atoms with Crippen LogP contribution in [-0.2, 0) is 17.6 Å². The van der Waals surface area contributed by atoms with Gasteiger partial charge in [-0.25, -0.2) is 4.39 Å². The number of hydrogen-bond acceptors (Lipinski definition) is 2. The van der Waals surface area contributed by atoms with E-state index in [4.69, 9.17) is 0 Å². The van der Waals surface area contributed by atoms with Gasteiger partial charge >= 0.3 is 0 Å². The smallest absolute Gasteiger partial charge is 0.137 e. The number of thiophene rings is 1. The number of halogens is 1. The molecule has 0 spiro atoms. The summed E-state index contributed by atoms with van der Waals surface area (Å²) in [5.41, 5.74) is 1.79. The second-order valence-corrected chi connectivity index (χ2v) is 5.75. The third kappa shape index (κ3) is 4.28. The highest BCUT2D eigenvalue weighted by molar-refractivity contribution is 7.09. The molecule has 100 valence electrons. The third-order valence-electron chi connectivity index (χ3n) is 3.16. The number of aryl methyl sites for hydroxylation is 2. The van der Waals surface area contributed by atoms with Gasteiger partial charge in [-0.2, -0.15) is 0 Å². The van der Waals surface area contributed by atoms with Gasteiger partial charge in [0, 0.05) is 17.7 Å². The molecule has 0 saturated carbocycles. The lowest BCUT2D eigenvalue weighted by Gasteiger charge is -2.05. The first-order chi connectivity index (χ1) is 9.15. The molecule has 1 nitrogen and oxygen atoms in total. The minimum atomic E-state index is -0.271. The van der Waals surface area contributed by atoms with E-state index in [2.05, 4.69) is 6.07 Å². The van der Waals surface area contributed by atoms with Gasteiger partial charge in [0.15, 0.2) is 0 Å². The van der Waals surface area contributed by atoms with Gasteiger partial charge in [0.1, 0.15) is 11.6 Å². The number of benzene rings is 1. The van der Waals surface area contributed by atoms with Crippen molar-refractivity contribution in [1.82, 2.24) is 0 Å². The molecule has 3 heteroatoms. The lowest BCUT2D eigenvalue weighted by molar-refractivity contribution is -0.118. The third-order valence-corrected chi connectivity index (χ3v) is 4.09. The maximum Gasteiger partial charge on any atom is 0.137 e. The molecule has 0 atom stereocenters. The minimum absolute atomic E-state index is 0.185. The highest BCUT2D eigenvalue weighted by Crippen LogP contribution is 2.15. The molecule has 0 amide bonds. The van der Waals surface area contributed by atoms with Crippen LogP contribution in [0.1, 0.15) is 28.8 Å². The van der Waals surface area contributed by atoms with Gasteiger partial charge in [-0.15, -0.1) is 11.3 Å². The van der Waals surface area contributed by atoms with E-state index >= 15 is 0 Å². The van der Waals surface area contributed by atoms with Gasteiger partial charge in [-0.05, 0) is 54.5 Å². The van der Waals surface area contributed by atoms with Gasteiger partial charge in [-0.1, -0.05) is 12.1 Å². The minimum Gasteiger partial charge on any atom is -0.299 e. The van der Waals surface area contributed by atoms with Crippen LogP contribution < -0.4 is 0 Å². The predicted octanol–water partition coefficient (Wildman–Crippen LogP) is 4.33. The number of carbonyl (C=O) groups is 1. The number of rotatable bonds is 6. The molecule has 0 radical (unpaired) electrons. The highest BCUT2D eigenvalue weighted by atomic mass is 32.1. The molecule has 0 saturated heterocycles. The Bertz CT molecular complexity index is 546. The summed E-state index contributed by atoms with van der Waals surface area (Å²) in [6.45, 7) is 1.91. The molecule has 0 bridgehead atoms. The van der Waals surface area contributed by atoms with Crippen molar-refractivity contribution in [2.24, 2.45) is 0 Å². The Morgan fingerprint density at radius 1 is 1.32 bits per heavy atom. The molecule has 0 fully saturated rings. The molecule has 1 aromatic carbocycles. The Morgan fingerprint density at radius 2 is 2.16 bits per heavy atom. The molecule has 2 aromatic rings. The maximum atomic E-state index is 13.1. The van der Waals surface area contributed by atoms with Crippen LogP contribution in [0, 0.1) is 12.7 Å². The fourth-order valence-corrected chi connectivity index (χ4v) is 2.80. The largest absolute Gasteiger partial charge is 0.299 e. The Kier molecular flexibility index (Phi) is 4.86. The van der Waals surface area contributed by atoms with Gasteiger partial charge in [0.25, 0.3) is 0 Å². The zero-order valence-electron chi connectivity index (χ0n) is 11.0. The van der Waals surface area contributed by atoms with E-state index < -0.39 is 0 Å². The standard InChI is InChI=1S/C16H17FOS/c1-12-7-8-14(17)10-13(12)11-15(18)4-2-5-16-6-3-9-19-16/h3,6-10H,2,4-5,11H2,1H3. The fraction of sp³-hybridized carbons (Fsp3) is 0.312. The Balaban J connectivity index is 1.82. The molecular weight excluding hydrogens is 259 g/mol. The number of carbonyl (C=O) groups excluding carboxylic acids is 1. The van der Waals surface area contributed by atoms with Crippen LogP contribution in [0.5, 0.6) is 0 Å². The summed E-state index contributed by atoms with van der Waals surface area (Å²) >= 11 is 1.72. The van der Waals surface area contributed by atoms with Gasteiger partial charge in [0.05, 0.1) is 0 Å². The van der Waals surface area contributed by atoms with Gasteiger partial charge in [-0.3, -0.25) is 4.79 Å². The summed E-state index contributed by atoms with van der Waals surface area (Å²) in [6, 6.07) is 8.74. The summed E-state index contributed by atoms with van der Waals surface area (Å²) in [5, 5.41) is 2.05. The first-order valence-electron chi connectivity index (χ1n) is 6.44. The molecule has 0 unspecified atom stereocenters. The van der Waals surface area contributed by atoms with Crippen molar-refractivity contribution < 1.29 is 9.18 Å². The number of Topliss-reactive ketones (excluding diaryl/α,β-unsaturated/α-hetero) is 1. The normalized spacial score (nSPS) is 10.6. The summed E-state index contributed by atoms with van der Waals surface area (Å²) in [6.07, 6.45) is 2.72. The van der Waals surface area contributed by atoms with Crippen LogP contribution in [0.4, 0.5) is 4.39 Å². The summed E-state index contributed by atoms with van der Waals surface area (Å²) in [4.78, 5) is 13.2. The summed E-state index contributed by atoms with van der Waals surface area (Å²) < 4.78 is 13.1. The quantitative estimate of drug-likeness (QED) is 0.767. The lowest BCUT2D eigenvalue weighted by atomic mass is 10.0. The predicted molar refractivity (Wildman–Crippen MR) is 77.1 cm³/mol. The monoisotopic (exact) mass is 276 g/mol. The average Bonchev–Trinajstić information content (AvgIpc) is 2.87. The molecule has 0 aliphatic heterocycles. The van der Waals surface area contributed by atoms with E-state index in [-0.39, 0.29) is 11.6 Å². The van der Waals surface area contributed by atoms with E-state index in [0.717, 1.165) is 24.0 Å². The van der Waals surface area contributed by atoms with E-state index in [1.807, 2.05) is 18.4 Å². The van der Waals surface area contributed by atoms with Crippen LogP contribution in [0.15, 0.2) is 35.7 Å². The zero-order valence-corrected chi connectivity index (χ0v) is 11.8. The van der Waals surface area contributed by atoms with Crippen molar-refractivity contribution in [2.45, 2.75) is 32.6 Å². The van der Waals surface area contributed by atoms with Crippen molar-refractivity contribution >= 4 is 17.1 Å². The summed E-state index contributed by atoms with van der Waals surface area (Å²) in [7, 11) is 0. The molecule has 0 N–H and O–H groups in total. The number of ketones is 1. The molecular formula is C16H17FOS. The lowest BCUT2D eigenvalue weighted by Crippen LogP contribution is -2.05. The van der Waals surface area contributed by atoms with Gasteiger partial charge < -0.3 is 0 Å². The second kappa shape index (κ2) is 6.62. The van der Waals surface area contributed by atoms with E-state index in [0.29, 0.717) is 12.8 Å². The molecule has 19 heavy (non-hydrogen) atoms. The molecule has 0 aliphatic rings. The average molecular weight is 276 g/mol. The zero-order chi connectivity index (χ0) is 13.7. The molecule has 2 rings (SSSR count). The SMILES string of the molecule is Cc1ccc(F)cc1CC(=O)CCCc1cccs1. The molecule has 0 aliphatic carbocycles. The summed E-state index contributed by atoms with van der Waals surface area (Å²) in [5.74, 6) is -0.0859. The maximum absolute atomic E-state index is 13.1. The van der Waals surface area contributed by atoms with Crippen molar-refractivity contribution in [1.29, 1.82) is 0 Å². The Labute approximate surface area is 117 Å². The van der Waals surface area contributed by atoms with Crippen molar-refractivity contribution in [3.05, 3.63) is 57.5 Å². The van der Waals surface area contributed by atoms with Gasteiger partial charge in [0.2, 0.25) is 0 Å². The van der Waals surface area contributed by atoms with Crippen LogP contribution in [0.3, 0.4) is 0 Å². The van der Waals surface area contributed by atoms with Crippen LogP contribution in [-0.4, -0.2) is 5.78 Å². The van der Waals surface area contributed by atoms with E-state index in [1.54, 1.807) is 17.4 Å². The van der Waals surface area contributed by atoms with Crippen molar-refractivity contribution in [2.75, 3.05) is 0 Å². The van der Waals surface area contributed by atoms with Crippen molar-refractivity contribution in [3.8, 4) is 0 Å². The van der Waals surface area contributed by atoms with Crippen molar-refractivity contribution in [3.63, 3.8) is 0 Å². The first-order valence-corrected chi connectivity index (χ1v) is 7.32. The highest BCUT2D eigenvalue weighted by Gasteiger charge is 2.07. The topological polar surface area (TPSA) is 17.1 Å². The Morgan fingerprint density at radius 3 is 2.89 bits per heavy atom. The fourth-order valence-electron chi connectivity index (χ4n) is 2.05.